The molecule has 2 N–H and O–H groups in total. The fourth-order valence-electron chi connectivity index (χ4n) is 5.52. The van der Waals surface area contributed by atoms with Crippen LogP contribution in [0.1, 0.15) is 49.4 Å². The number of aliphatic carboxylic acids is 1. The summed E-state index contributed by atoms with van der Waals surface area (Å²) in [4.78, 5) is 18.1. The molecule has 2 aromatic carbocycles. The first-order chi connectivity index (χ1) is 18.7. The molecule has 0 amide bonds. The van der Waals surface area contributed by atoms with Crippen LogP contribution < -0.4 is 10.1 Å². The Kier molecular flexibility index (Phi) is 9.27. The quantitative estimate of drug-likeness (QED) is 0.254. The number of likely N-dealkylation sites (tertiary alicyclic amines) is 1. The molecule has 3 aromatic rings. The molecule has 1 atom stereocenters. The van der Waals surface area contributed by atoms with Crippen LogP contribution in [-0.2, 0) is 11.5 Å². The number of alkyl halides is 2. The van der Waals surface area contributed by atoms with Gasteiger partial charge in [0.1, 0.15) is 30.2 Å². The number of carboxylic acid groups (broad SMARTS) is 1. The number of nitrogens with one attached hydrogen (secondary N) is 1. The Labute approximate surface area is 225 Å². The van der Waals surface area contributed by atoms with E-state index in [0.717, 1.165) is 6.07 Å². The number of hydrogen-bond acceptors (Lipinski definition) is 5. The first-order valence-corrected chi connectivity index (χ1v) is 13.0. The van der Waals surface area contributed by atoms with Gasteiger partial charge in [-0.1, -0.05) is 0 Å². The Bertz CT molecular complexity index is 1270. The summed E-state index contributed by atoms with van der Waals surface area (Å²) in [6, 6.07) is 8.33. The zero-order valence-electron chi connectivity index (χ0n) is 21.9. The van der Waals surface area contributed by atoms with Gasteiger partial charge in [-0.15, -0.1) is 0 Å². The fraction of sp³-hybridized carbons (Fsp3) is 0.448. The number of aromatic nitrogens is 1. The van der Waals surface area contributed by atoms with Gasteiger partial charge in [0, 0.05) is 47.6 Å². The predicted molar refractivity (Wildman–Crippen MR) is 141 cm³/mol. The highest BCUT2D eigenvalue weighted by molar-refractivity contribution is 5.85. The normalized spacial score (nSPS) is 16.2. The molecule has 0 spiro atoms. The van der Waals surface area contributed by atoms with E-state index in [1.54, 1.807) is 18.2 Å². The van der Waals surface area contributed by atoms with Crippen molar-refractivity contribution >= 4 is 22.6 Å². The van der Waals surface area contributed by atoms with Crippen molar-refractivity contribution in [3.63, 3.8) is 0 Å². The van der Waals surface area contributed by atoms with E-state index >= 15 is 4.39 Å². The molecule has 0 bridgehead atoms. The minimum absolute atomic E-state index is 0.0588. The average molecular weight is 548 g/mol. The van der Waals surface area contributed by atoms with Crippen LogP contribution in [0, 0.1) is 17.0 Å². The van der Waals surface area contributed by atoms with E-state index in [2.05, 4.69) is 15.2 Å². The Morgan fingerprint density at radius 2 is 1.90 bits per heavy atom. The number of piperidine rings is 1. The number of fused-ring (bicyclic) bond motifs is 1. The van der Waals surface area contributed by atoms with Crippen molar-refractivity contribution in [3.05, 3.63) is 65.4 Å². The maximum Gasteiger partial charge on any atom is 0.303 e. The van der Waals surface area contributed by atoms with Gasteiger partial charge < -0.3 is 20.1 Å². The van der Waals surface area contributed by atoms with Crippen molar-refractivity contribution in [2.75, 3.05) is 38.6 Å². The maximum atomic E-state index is 15.8. The third kappa shape index (κ3) is 7.17. The lowest BCUT2D eigenvalue weighted by Crippen LogP contribution is -2.43. The summed E-state index contributed by atoms with van der Waals surface area (Å²) in [5.74, 6) is -1.73. The highest BCUT2D eigenvalue weighted by Gasteiger charge is 2.37. The van der Waals surface area contributed by atoms with Crippen molar-refractivity contribution in [2.24, 2.45) is 5.41 Å². The molecule has 4 rings (SSSR count). The number of carboxylic acids is 1. The highest BCUT2D eigenvalue weighted by atomic mass is 19.1. The largest absolute Gasteiger partial charge is 0.497 e. The van der Waals surface area contributed by atoms with E-state index in [1.165, 1.54) is 25.4 Å². The minimum atomic E-state index is -1.49. The van der Waals surface area contributed by atoms with E-state index in [1.807, 2.05) is 0 Å². The van der Waals surface area contributed by atoms with E-state index in [4.69, 9.17) is 4.74 Å². The number of methoxy groups -OCH3 is 1. The summed E-state index contributed by atoms with van der Waals surface area (Å²) in [7, 11) is 1.50. The highest BCUT2D eigenvalue weighted by Crippen LogP contribution is 2.43. The standard InChI is InChI=1S/C29H33F4N3O3/c1-39-23-2-3-26-24(15-23)28(19(17-30)18-35-26)25(33)4-5-29(16-27(37)38)6-9-36(10-7-29)11-8-34-22-13-20(31)12-21(32)14-22/h2-3,12-15,18,25,34H,4-11,16-17H2,1H3,(H,37,38)/t25-/m0/s1. The van der Waals surface area contributed by atoms with Gasteiger partial charge in [0.15, 0.2) is 0 Å². The van der Waals surface area contributed by atoms with Crippen LogP contribution in [0.5, 0.6) is 5.75 Å². The molecule has 0 aliphatic carbocycles. The second kappa shape index (κ2) is 12.6. The first kappa shape index (κ1) is 28.6. The lowest BCUT2D eigenvalue weighted by molar-refractivity contribution is -0.141. The summed E-state index contributed by atoms with van der Waals surface area (Å²) in [5, 5.41) is 13.1. The number of carbonyl (C=O) groups is 1. The Morgan fingerprint density at radius 3 is 2.54 bits per heavy atom. The van der Waals surface area contributed by atoms with Gasteiger partial charge in [-0.3, -0.25) is 9.78 Å². The Balaban J connectivity index is 1.40. The molecule has 0 unspecified atom stereocenters. The van der Waals surface area contributed by atoms with Gasteiger partial charge in [-0.25, -0.2) is 17.6 Å². The summed E-state index contributed by atoms with van der Waals surface area (Å²) in [5.41, 5.74) is 0.726. The number of benzene rings is 2. The van der Waals surface area contributed by atoms with E-state index in [9.17, 15) is 23.1 Å². The van der Waals surface area contributed by atoms with Crippen molar-refractivity contribution in [3.8, 4) is 5.75 Å². The number of anilines is 1. The zero-order chi connectivity index (χ0) is 28.0. The Hall–Kier alpha value is -3.40. The average Bonchev–Trinajstić information content (AvgIpc) is 2.91. The summed E-state index contributed by atoms with van der Waals surface area (Å²) in [6.45, 7) is 1.45. The smallest absolute Gasteiger partial charge is 0.303 e. The van der Waals surface area contributed by atoms with Crippen molar-refractivity contribution in [1.29, 1.82) is 0 Å². The van der Waals surface area contributed by atoms with Crippen LogP contribution >= 0.6 is 0 Å². The maximum absolute atomic E-state index is 15.8. The first-order valence-electron chi connectivity index (χ1n) is 13.0. The topological polar surface area (TPSA) is 74.7 Å². The molecule has 1 aliphatic heterocycles. The third-order valence-electron chi connectivity index (χ3n) is 7.65. The van der Waals surface area contributed by atoms with Crippen LogP contribution in [0.3, 0.4) is 0 Å². The van der Waals surface area contributed by atoms with Crippen LogP contribution in [-0.4, -0.2) is 54.2 Å². The van der Waals surface area contributed by atoms with Crippen LogP contribution in [0.2, 0.25) is 0 Å². The van der Waals surface area contributed by atoms with Crippen LogP contribution in [0.25, 0.3) is 10.9 Å². The molecule has 1 saturated heterocycles. The van der Waals surface area contributed by atoms with E-state index in [-0.39, 0.29) is 24.0 Å². The summed E-state index contributed by atoms with van der Waals surface area (Å²) < 4.78 is 61.7. The molecule has 1 fully saturated rings. The third-order valence-corrected chi connectivity index (χ3v) is 7.65. The lowest BCUT2D eigenvalue weighted by atomic mass is 9.71. The van der Waals surface area contributed by atoms with Crippen molar-refractivity contribution in [2.45, 2.75) is 45.0 Å². The zero-order valence-corrected chi connectivity index (χ0v) is 21.9. The number of hydrogen-bond donors (Lipinski definition) is 2. The molecule has 6 nitrogen and oxygen atoms in total. The van der Waals surface area contributed by atoms with Gasteiger partial charge in [0.25, 0.3) is 0 Å². The molecule has 39 heavy (non-hydrogen) atoms. The van der Waals surface area contributed by atoms with Gasteiger partial charge in [0.05, 0.1) is 19.0 Å². The summed E-state index contributed by atoms with van der Waals surface area (Å²) in [6.07, 6.45) is 1.33. The summed E-state index contributed by atoms with van der Waals surface area (Å²) >= 11 is 0. The number of nitrogens with zero attached hydrogens (tertiary/aromatic N) is 2. The Morgan fingerprint density at radius 1 is 1.18 bits per heavy atom. The van der Waals surface area contributed by atoms with Crippen LogP contribution in [0.4, 0.5) is 23.2 Å². The predicted octanol–water partition coefficient (Wildman–Crippen LogP) is 6.45. The monoisotopic (exact) mass is 547 g/mol. The molecular weight excluding hydrogens is 514 g/mol. The molecule has 1 aliphatic rings. The second-order valence-electron chi connectivity index (χ2n) is 10.2. The molecular formula is C29H33F4N3O3. The molecule has 0 radical (unpaired) electrons. The van der Waals surface area contributed by atoms with Gasteiger partial charge in [-0.2, -0.15) is 0 Å². The van der Waals surface area contributed by atoms with Gasteiger partial charge in [0.2, 0.25) is 0 Å². The van der Waals surface area contributed by atoms with Crippen molar-refractivity contribution in [1.82, 2.24) is 9.88 Å². The van der Waals surface area contributed by atoms with Crippen LogP contribution in [0.15, 0.2) is 42.6 Å². The molecule has 0 saturated carbocycles. The number of ether oxygens (including phenoxy) is 1. The second-order valence-corrected chi connectivity index (χ2v) is 10.2. The lowest BCUT2D eigenvalue weighted by Gasteiger charge is -2.41. The SMILES string of the molecule is COc1ccc2ncc(CF)c([C@@H](F)CCC3(CC(=O)O)CCN(CCNc4cc(F)cc(F)c4)CC3)c2c1. The van der Waals surface area contributed by atoms with E-state index in [0.29, 0.717) is 67.8 Å². The number of halogens is 4. The molecule has 10 heteroatoms. The minimum Gasteiger partial charge on any atom is -0.497 e. The number of pyridine rings is 1. The van der Waals surface area contributed by atoms with Crippen molar-refractivity contribution < 1.29 is 32.2 Å². The molecule has 2 heterocycles. The fourth-order valence-corrected chi connectivity index (χ4v) is 5.52. The number of rotatable bonds is 12. The van der Waals surface area contributed by atoms with Gasteiger partial charge >= 0.3 is 5.97 Å². The van der Waals surface area contributed by atoms with E-state index < -0.39 is 35.9 Å². The molecule has 1 aromatic heterocycles. The van der Waals surface area contributed by atoms with Gasteiger partial charge in [-0.05, 0) is 74.5 Å². The molecule has 210 valence electrons.